The van der Waals surface area contributed by atoms with E-state index < -0.39 is 10.5 Å². The summed E-state index contributed by atoms with van der Waals surface area (Å²) in [6.07, 6.45) is 15.1. The molecule has 0 bridgehead atoms. The van der Waals surface area contributed by atoms with Crippen LogP contribution in [-0.2, 0) is 10.5 Å². The standard InChI is InChI=1S/C42H17ClO.C42H18O2.44H2/c2*1-3-4-5-6-7-8-9-10-11-12-13-14-15-16-17-18-19-20-21-28-33-44-41-35-37(2)34-40(36-41)42(43,38-29-24-22-25-30-38)39-31-26-23-27-32-39;;;;;;;;;;;;;;;;;;;;;;;;;;;;;;;;;;;;;;;;;;;;/h1,22-27,29-32,34-36H,2H3;1,22-27,29-32,34-36,43H,2H3;44*1H. The molecule has 0 saturated heterocycles. The molecule has 0 aromatic heterocycles. The Morgan fingerprint density at radius 2 is 0.523 bits per heavy atom. The van der Waals surface area contributed by atoms with Crippen LogP contribution in [0.5, 0.6) is 11.5 Å². The van der Waals surface area contributed by atoms with Crippen molar-refractivity contribution in [3.63, 3.8) is 0 Å². The minimum atomic E-state index is -1.38. The number of hydrogen-bond acceptors (Lipinski definition) is 3. The Morgan fingerprint density at radius 1 is 0.295 bits per heavy atom. The average molecular weight is 1220 g/mol. The van der Waals surface area contributed by atoms with E-state index in [0.29, 0.717) is 17.1 Å². The van der Waals surface area contributed by atoms with Crippen LogP contribution in [-0.4, -0.2) is 5.11 Å². The molecule has 1 N–H and O–H groups in total. The average Bonchev–Trinajstić information content (AvgIpc) is 0.771. The fourth-order valence-corrected chi connectivity index (χ4v) is 7.43. The van der Waals surface area contributed by atoms with Crippen LogP contribution in [0.2, 0.25) is 0 Å². The van der Waals surface area contributed by atoms with Crippen molar-refractivity contribution in [3.05, 3.63) is 202 Å². The highest BCUT2D eigenvalue weighted by Gasteiger charge is 2.35. The summed E-state index contributed by atoms with van der Waals surface area (Å²) in [5.41, 5.74) is 5.40. The van der Waals surface area contributed by atoms with Gasteiger partial charge in [0.15, 0.2) is 0 Å². The molecule has 6 aromatic carbocycles. The van der Waals surface area contributed by atoms with Crippen molar-refractivity contribution in [2.45, 2.75) is 24.3 Å². The lowest BCUT2D eigenvalue weighted by molar-refractivity contribution is 0.125. The van der Waals surface area contributed by atoms with Crippen LogP contribution in [0.25, 0.3) is 0 Å². The van der Waals surface area contributed by atoms with Gasteiger partial charge in [-0.15, -0.1) is 24.4 Å². The molecule has 6 aromatic rings. The Bertz CT molecular complexity index is 4810. The van der Waals surface area contributed by atoms with Crippen molar-refractivity contribution in [2.24, 2.45) is 0 Å². The minimum absolute atomic E-state index is 0. The molecule has 0 atom stereocenters. The van der Waals surface area contributed by atoms with Crippen molar-refractivity contribution >= 4 is 11.6 Å². The zero-order valence-electron chi connectivity index (χ0n) is 46.8. The van der Waals surface area contributed by atoms with Gasteiger partial charge in [0.1, 0.15) is 34.2 Å². The third kappa shape index (κ3) is 23.3. The molecule has 0 saturated carbocycles. The zero-order chi connectivity index (χ0) is 62.3. The lowest BCUT2D eigenvalue weighted by Crippen LogP contribution is -2.29. The van der Waals surface area contributed by atoms with Gasteiger partial charge < -0.3 is 14.6 Å². The van der Waals surface area contributed by atoms with Gasteiger partial charge >= 0.3 is 0 Å². The Kier molecular flexibility index (Phi) is 28.5. The van der Waals surface area contributed by atoms with Gasteiger partial charge in [0.2, 0.25) is 0 Å². The summed E-state index contributed by atoms with van der Waals surface area (Å²) in [5, 5.41) is 12.0. The number of halogens is 1. The topological polar surface area (TPSA) is 38.7 Å². The molecule has 0 aliphatic carbocycles. The maximum Gasteiger partial charge on any atom is 0.140 e. The highest BCUT2D eigenvalue weighted by Crippen LogP contribution is 2.44. The molecule has 0 unspecified atom stereocenters. The van der Waals surface area contributed by atoms with E-state index in [2.05, 4.69) is 249 Å². The largest absolute Gasteiger partial charge is 0.407 e. The molecule has 6 rings (SSSR count). The van der Waals surface area contributed by atoms with Gasteiger partial charge in [-0.1, -0.05) is 133 Å². The maximum absolute atomic E-state index is 12.0. The molecule has 0 heterocycles. The van der Waals surface area contributed by atoms with Gasteiger partial charge in [-0.05, 0) is 177 Å². The summed E-state index contributed by atoms with van der Waals surface area (Å²) in [7, 11) is 0. The quantitative estimate of drug-likeness (QED) is 0.0938. The second-order valence-electron chi connectivity index (χ2n) is 16.3. The van der Waals surface area contributed by atoms with Gasteiger partial charge in [0, 0.05) is 205 Å². The molecule has 0 aliphatic rings. The Labute approximate surface area is 588 Å². The van der Waals surface area contributed by atoms with Crippen LogP contribution in [0.3, 0.4) is 0 Å². The van der Waals surface area contributed by atoms with E-state index in [9.17, 15) is 5.11 Å². The fourth-order valence-electron chi connectivity index (χ4n) is 7.07. The van der Waals surface area contributed by atoms with Crippen molar-refractivity contribution in [1.29, 1.82) is 0 Å². The van der Waals surface area contributed by atoms with E-state index in [1.807, 2.05) is 166 Å². The number of alkyl halides is 1. The summed E-state index contributed by atoms with van der Waals surface area (Å²) in [4.78, 5) is -0.911. The molecule has 0 amide bonds. The van der Waals surface area contributed by atoms with Crippen LogP contribution >= 0.6 is 11.6 Å². The van der Waals surface area contributed by atoms with Gasteiger partial charge in [-0.25, -0.2) is 0 Å². The molecule has 3 nitrogen and oxygen atoms in total. The lowest BCUT2D eigenvalue weighted by atomic mass is 9.80. The van der Waals surface area contributed by atoms with E-state index in [1.165, 1.54) is 0 Å². The van der Waals surface area contributed by atoms with Gasteiger partial charge in [0.05, 0.1) is 0 Å². The van der Waals surface area contributed by atoms with Crippen molar-refractivity contribution in [1.82, 2.24) is 0 Å². The van der Waals surface area contributed by atoms with E-state index in [4.69, 9.17) is 33.9 Å². The van der Waals surface area contributed by atoms with E-state index >= 15 is 0 Å². The minimum Gasteiger partial charge on any atom is -0.407 e. The third-order valence-electron chi connectivity index (χ3n) is 10.5. The second kappa shape index (κ2) is 39.0. The normalized spacial score (nSPS) is 7.75. The summed E-state index contributed by atoms with van der Waals surface area (Å²) in [6.45, 7) is 3.91. The van der Waals surface area contributed by atoms with Crippen molar-refractivity contribution in [2.75, 3.05) is 0 Å². The summed E-state index contributed by atoms with van der Waals surface area (Å²) in [5.74, 6) is 101. The van der Waals surface area contributed by atoms with Crippen molar-refractivity contribution in [3.8, 4) is 273 Å². The Morgan fingerprint density at radius 3 is 0.795 bits per heavy atom. The van der Waals surface area contributed by atoms with E-state index in [-0.39, 0.29) is 62.8 Å². The predicted octanol–water partition coefficient (Wildman–Crippen LogP) is 20.6. The predicted molar refractivity (Wildman–Crippen MR) is 443 cm³/mol. The number of ether oxygens (including phenoxy) is 2. The number of aliphatic hydroxyl groups is 1. The molecule has 0 radical (unpaired) electrons. The zero-order valence-corrected chi connectivity index (χ0v) is 47.6. The van der Waals surface area contributed by atoms with Gasteiger partial charge in [0.25, 0.3) is 0 Å². The molecular weight excluding hydrogens is 1090 g/mol. The molecule has 0 spiro atoms. The number of aryl methyl sites for hydroxylation is 2. The summed E-state index contributed by atoms with van der Waals surface area (Å²) in [6, 6.07) is 50.2. The summed E-state index contributed by atoms with van der Waals surface area (Å²) < 4.78 is 11.3. The van der Waals surface area contributed by atoms with E-state index in [0.717, 1.165) is 38.9 Å². The van der Waals surface area contributed by atoms with Crippen LogP contribution in [0.1, 0.15) is 107 Å². The maximum atomic E-state index is 12.0. The molecular formula is C84H123ClO3. The molecule has 88 heavy (non-hydrogen) atoms. The molecule has 4 heteroatoms. The first-order valence-electron chi connectivity index (χ1n) is 25.4. The first kappa shape index (κ1) is 64.3. The highest BCUT2D eigenvalue weighted by molar-refractivity contribution is 6.28. The van der Waals surface area contributed by atoms with Crippen LogP contribution in [0.15, 0.2) is 158 Å². The number of rotatable bonds is 8. The first-order chi connectivity index (χ1) is 43.3. The number of benzene rings is 6. The third-order valence-corrected chi connectivity index (χ3v) is 11.1. The van der Waals surface area contributed by atoms with Crippen molar-refractivity contribution < 1.29 is 77.4 Å². The van der Waals surface area contributed by atoms with Crippen LogP contribution in [0.4, 0.5) is 0 Å². The fraction of sp³-hybridized carbons (Fsp3) is 0.0476. The SMILES string of the molecule is C#CC#CC#CC#CC#CC#CC#CC#CC#CC#CC#COc1cc(C)cc(C(Cl)(c2ccccc2)c2ccccc2)c1.C#CC#CC#CC#CC#CC#CC#CC#CC#CC#CC#COc1cc(C)cc(C(O)(c2ccccc2)c2ccccc2)c1.[HH].[HH].[HH].[HH].[HH].[HH].[HH].[HH].[HH].[HH].[HH].[HH].[HH].[HH].[HH].[HH].[HH].[HH].[HH].[HH].[HH].[HH].[HH].[HH].[HH].[HH].[HH].[HH].[HH].[HH].[HH].[HH].[HH].[HH].[HH].[HH].[HH].[HH].[HH].[HH].[HH].[HH].[HH].[HH]. The molecule has 0 aliphatic heterocycles. The lowest BCUT2D eigenvalue weighted by Gasteiger charge is -2.30. The Balaban J connectivity index is -0.0000000253. The van der Waals surface area contributed by atoms with Gasteiger partial charge in [-0.2, -0.15) is 0 Å². The van der Waals surface area contributed by atoms with Gasteiger partial charge in [-0.3, -0.25) is 0 Å². The highest BCUT2D eigenvalue weighted by atomic mass is 35.5. The smallest absolute Gasteiger partial charge is 0.140 e. The van der Waals surface area contributed by atoms with Crippen LogP contribution in [0, 0.1) is 276 Å². The molecule has 484 valence electrons. The first-order valence-corrected chi connectivity index (χ1v) is 25.8. The second-order valence-corrected chi connectivity index (χ2v) is 16.9. The monoisotopic (exact) mass is 1210 g/mol. The number of hydrogen-bond donors (Lipinski definition) is 1. The number of terminal acetylenes is 2. The van der Waals surface area contributed by atoms with E-state index in [1.54, 1.807) is 6.07 Å². The molecule has 0 fully saturated rings. The summed E-state index contributed by atoms with van der Waals surface area (Å²) >= 11 is 7.41. The van der Waals surface area contributed by atoms with Crippen LogP contribution < -0.4 is 9.47 Å². The Hall–Kier alpha value is -14.5.